The van der Waals surface area contributed by atoms with Gasteiger partial charge in [0.2, 0.25) is 0 Å². The molecule has 4 N–H and O–H groups in total. The first kappa shape index (κ1) is 9.85. The molecule has 0 saturated carbocycles. The summed E-state index contributed by atoms with van der Waals surface area (Å²) in [5, 5.41) is 35.1. The van der Waals surface area contributed by atoms with Gasteiger partial charge in [-0.1, -0.05) is 0 Å². The molecular formula is C8H6O6. The average Bonchev–Trinajstić information content (AvgIpc) is 2.02. The number of aromatic hydroxyl groups is 2. The topological polar surface area (TPSA) is 115 Å². The van der Waals surface area contributed by atoms with E-state index in [1.54, 1.807) is 0 Å². The Bertz CT molecular complexity index is 373. The minimum Gasteiger partial charge on any atom is -0.507 e. The Hall–Kier alpha value is -2.24. The molecule has 0 aliphatic carbocycles. The van der Waals surface area contributed by atoms with Crippen molar-refractivity contribution in [1.29, 1.82) is 0 Å². The van der Waals surface area contributed by atoms with Crippen LogP contribution in [0.1, 0.15) is 20.7 Å². The van der Waals surface area contributed by atoms with Gasteiger partial charge in [0.15, 0.2) is 0 Å². The summed E-state index contributed by atoms with van der Waals surface area (Å²) in [4.78, 5) is 20.9. The molecule has 0 unspecified atom stereocenters. The monoisotopic (exact) mass is 198 g/mol. The summed E-state index contributed by atoms with van der Waals surface area (Å²) in [5.41, 5.74) is -1.14. The first-order chi connectivity index (χ1) is 6.43. The van der Waals surface area contributed by atoms with Crippen molar-refractivity contribution >= 4 is 11.9 Å². The Morgan fingerprint density at radius 2 is 1.21 bits per heavy atom. The maximum absolute atomic E-state index is 10.5. The fourth-order valence-electron chi connectivity index (χ4n) is 0.920. The van der Waals surface area contributed by atoms with E-state index in [0.29, 0.717) is 12.1 Å². The highest BCUT2D eigenvalue weighted by Gasteiger charge is 2.17. The summed E-state index contributed by atoms with van der Waals surface area (Å²) >= 11 is 0. The molecule has 0 heterocycles. The highest BCUT2D eigenvalue weighted by molar-refractivity contribution is 5.97. The third kappa shape index (κ3) is 1.58. The van der Waals surface area contributed by atoms with Gasteiger partial charge in [0, 0.05) is 6.07 Å². The molecule has 0 amide bonds. The molecule has 0 aromatic heterocycles. The van der Waals surface area contributed by atoms with Gasteiger partial charge in [0.1, 0.15) is 22.6 Å². The average molecular weight is 198 g/mol. The highest BCUT2D eigenvalue weighted by atomic mass is 16.4. The largest absolute Gasteiger partial charge is 0.507 e. The SMILES string of the molecule is O=C(O)c1cc(C(=O)O)c(O)cc1O. The maximum atomic E-state index is 10.5. The zero-order chi connectivity index (χ0) is 10.9. The minimum atomic E-state index is -1.47. The summed E-state index contributed by atoms with van der Waals surface area (Å²) < 4.78 is 0. The molecule has 0 aliphatic rings. The van der Waals surface area contributed by atoms with Crippen LogP contribution in [0.3, 0.4) is 0 Å². The maximum Gasteiger partial charge on any atom is 0.339 e. The van der Waals surface area contributed by atoms with E-state index < -0.39 is 34.6 Å². The zero-order valence-electron chi connectivity index (χ0n) is 6.76. The van der Waals surface area contributed by atoms with Crippen LogP contribution in [0.15, 0.2) is 12.1 Å². The second kappa shape index (κ2) is 3.25. The number of aromatic carboxylic acids is 2. The van der Waals surface area contributed by atoms with E-state index in [4.69, 9.17) is 20.4 Å². The van der Waals surface area contributed by atoms with Gasteiger partial charge in [-0.3, -0.25) is 0 Å². The van der Waals surface area contributed by atoms with Gasteiger partial charge in [-0.2, -0.15) is 0 Å². The van der Waals surface area contributed by atoms with E-state index in [0.717, 1.165) is 0 Å². The van der Waals surface area contributed by atoms with Gasteiger partial charge in [0.25, 0.3) is 0 Å². The number of phenols is 2. The van der Waals surface area contributed by atoms with E-state index >= 15 is 0 Å². The number of benzene rings is 1. The molecule has 74 valence electrons. The van der Waals surface area contributed by atoms with Crippen LogP contribution in [0, 0.1) is 0 Å². The van der Waals surface area contributed by atoms with E-state index in [9.17, 15) is 9.59 Å². The number of hydrogen-bond donors (Lipinski definition) is 4. The molecule has 14 heavy (non-hydrogen) atoms. The zero-order valence-corrected chi connectivity index (χ0v) is 6.76. The number of carboxylic acids is 2. The molecule has 0 saturated heterocycles. The molecule has 1 rings (SSSR count). The second-order valence-electron chi connectivity index (χ2n) is 2.50. The predicted octanol–water partition coefficient (Wildman–Crippen LogP) is 0.494. The fourth-order valence-corrected chi connectivity index (χ4v) is 0.920. The molecule has 0 aliphatic heterocycles. The number of rotatable bonds is 2. The van der Waals surface area contributed by atoms with Crippen LogP contribution >= 0.6 is 0 Å². The molecule has 6 nitrogen and oxygen atoms in total. The number of carbonyl (C=O) groups is 2. The Balaban J connectivity index is 3.42. The molecule has 0 radical (unpaired) electrons. The van der Waals surface area contributed by atoms with Gasteiger partial charge >= 0.3 is 11.9 Å². The van der Waals surface area contributed by atoms with Gasteiger partial charge in [-0.05, 0) is 6.07 Å². The van der Waals surface area contributed by atoms with E-state index in [1.807, 2.05) is 0 Å². The number of carboxylic acid groups (broad SMARTS) is 2. The Morgan fingerprint density at radius 3 is 1.50 bits per heavy atom. The Morgan fingerprint density at radius 1 is 0.857 bits per heavy atom. The van der Waals surface area contributed by atoms with Crippen molar-refractivity contribution in [3.05, 3.63) is 23.3 Å². The summed E-state index contributed by atoms with van der Waals surface area (Å²) in [6.45, 7) is 0. The molecule has 0 bridgehead atoms. The lowest BCUT2D eigenvalue weighted by Crippen LogP contribution is -2.02. The van der Waals surface area contributed by atoms with Crippen LogP contribution in [-0.2, 0) is 0 Å². The normalized spacial score (nSPS) is 9.71. The molecule has 0 atom stereocenters. The summed E-state index contributed by atoms with van der Waals surface area (Å²) in [6.07, 6.45) is 0. The predicted molar refractivity (Wildman–Crippen MR) is 43.7 cm³/mol. The Kier molecular flexibility index (Phi) is 2.29. The van der Waals surface area contributed by atoms with Crippen molar-refractivity contribution in [2.75, 3.05) is 0 Å². The lowest BCUT2D eigenvalue weighted by Gasteiger charge is -2.03. The van der Waals surface area contributed by atoms with Crippen LogP contribution in [0.5, 0.6) is 11.5 Å². The van der Waals surface area contributed by atoms with Crippen molar-refractivity contribution in [3.63, 3.8) is 0 Å². The van der Waals surface area contributed by atoms with Crippen molar-refractivity contribution in [2.45, 2.75) is 0 Å². The van der Waals surface area contributed by atoms with E-state index in [-0.39, 0.29) is 0 Å². The van der Waals surface area contributed by atoms with Crippen molar-refractivity contribution in [2.24, 2.45) is 0 Å². The second-order valence-corrected chi connectivity index (χ2v) is 2.50. The van der Waals surface area contributed by atoms with Crippen LogP contribution < -0.4 is 0 Å². The molecule has 1 aromatic rings. The quantitative estimate of drug-likeness (QED) is 0.549. The number of hydrogen-bond acceptors (Lipinski definition) is 4. The van der Waals surface area contributed by atoms with Gasteiger partial charge in [-0.25, -0.2) is 9.59 Å². The molecule has 0 spiro atoms. The van der Waals surface area contributed by atoms with Gasteiger partial charge < -0.3 is 20.4 Å². The van der Waals surface area contributed by atoms with Gasteiger partial charge in [-0.15, -0.1) is 0 Å². The Labute approximate surface area is 77.7 Å². The van der Waals surface area contributed by atoms with Gasteiger partial charge in [0.05, 0.1) is 0 Å². The lowest BCUT2D eigenvalue weighted by atomic mass is 10.1. The summed E-state index contributed by atoms with van der Waals surface area (Å²) in [7, 11) is 0. The molecular weight excluding hydrogens is 192 g/mol. The fraction of sp³-hybridized carbons (Fsp3) is 0. The highest BCUT2D eigenvalue weighted by Crippen LogP contribution is 2.27. The molecule has 1 aromatic carbocycles. The first-order valence-electron chi connectivity index (χ1n) is 3.46. The van der Waals surface area contributed by atoms with Crippen molar-refractivity contribution in [3.8, 4) is 11.5 Å². The van der Waals surface area contributed by atoms with Crippen LogP contribution in [-0.4, -0.2) is 32.4 Å². The standard InChI is InChI=1S/C8H6O6/c9-5-2-6(10)4(8(13)14)1-3(5)7(11)12/h1-2,9-10H,(H,11,12)(H,13,14). The smallest absolute Gasteiger partial charge is 0.339 e. The third-order valence-electron chi connectivity index (χ3n) is 1.57. The van der Waals surface area contributed by atoms with Crippen LogP contribution in [0.2, 0.25) is 0 Å². The van der Waals surface area contributed by atoms with Crippen LogP contribution in [0.4, 0.5) is 0 Å². The van der Waals surface area contributed by atoms with Crippen molar-refractivity contribution in [1.82, 2.24) is 0 Å². The lowest BCUT2D eigenvalue weighted by molar-refractivity contribution is 0.0693. The minimum absolute atomic E-state index is 0.569. The summed E-state index contributed by atoms with van der Waals surface area (Å²) in [5.74, 6) is -4.30. The molecule has 0 fully saturated rings. The van der Waals surface area contributed by atoms with Crippen molar-refractivity contribution < 1.29 is 30.0 Å². The van der Waals surface area contributed by atoms with E-state index in [1.165, 1.54) is 0 Å². The third-order valence-corrected chi connectivity index (χ3v) is 1.57. The molecule has 6 heteroatoms. The van der Waals surface area contributed by atoms with E-state index in [2.05, 4.69) is 0 Å². The summed E-state index contributed by atoms with van der Waals surface area (Å²) in [6, 6.07) is 1.36. The first-order valence-corrected chi connectivity index (χ1v) is 3.46. The van der Waals surface area contributed by atoms with Crippen LogP contribution in [0.25, 0.3) is 0 Å².